The van der Waals surface area contributed by atoms with Gasteiger partial charge in [-0.15, -0.1) is 0 Å². The van der Waals surface area contributed by atoms with Gasteiger partial charge in [0.15, 0.2) is 0 Å². The van der Waals surface area contributed by atoms with Crippen LogP contribution in [-0.4, -0.2) is 31.2 Å². The monoisotopic (exact) mass is 248 g/mol. The summed E-state index contributed by atoms with van der Waals surface area (Å²) in [6, 6.07) is 0. The van der Waals surface area contributed by atoms with E-state index >= 15 is 0 Å². The topological polar surface area (TPSA) is 65.0 Å². The van der Waals surface area contributed by atoms with E-state index in [9.17, 15) is 4.79 Å². The number of carbonyl (C=O) groups is 1. The van der Waals surface area contributed by atoms with Crippen molar-refractivity contribution < 1.29 is 24.4 Å². The van der Waals surface area contributed by atoms with Gasteiger partial charge in [-0.25, -0.2) is 9.68 Å². The number of carbonyl (C=O) groups excluding carboxylic acids is 1. The van der Waals surface area contributed by atoms with Gasteiger partial charge in [0.2, 0.25) is 0 Å². The Morgan fingerprint density at radius 3 is 2.59 bits per heavy atom. The van der Waals surface area contributed by atoms with Crippen molar-refractivity contribution in [3.8, 4) is 0 Å². The maximum atomic E-state index is 11.1. The van der Waals surface area contributed by atoms with E-state index in [1.54, 1.807) is 0 Å². The Bertz CT molecular complexity index is 184. The molecular weight excluding hydrogens is 224 g/mol. The molecule has 0 spiro atoms. The molecule has 0 aliphatic rings. The summed E-state index contributed by atoms with van der Waals surface area (Å²) < 4.78 is 9.83. The Kier molecular flexibility index (Phi) is 11.1. The van der Waals surface area contributed by atoms with E-state index in [2.05, 4.69) is 4.89 Å². The molecule has 1 N–H and O–H groups in total. The minimum absolute atomic E-state index is 0.299. The first kappa shape index (κ1) is 16.2. The second-order valence-electron chi connectivity index (χ2n) is 4.20. The van der Waals surface area contributed by atoms with Crippen molar-refractivity contribution >= 4 is 6.16 Å². The van der Waals surface area contributed by atoms with Gasteiger partial charge in [0.25, 0.3) is 0 Å². The van der Waals surface area contributed by atoms with E-state index in [1.165, 1.54) is 0 Å². The molecule has 0 fully saturated rings. The molecule has 0 rings (SSSR count). The van der Waals surface area contributed by atoms with E-state index in [0.717, 1.165) is 32.1 Å². The molecule has 0 aliphatic heterocycles. The fourth-order valence-corrected chi connectivity index (χ4v) is 1.29. The summed E-state index contributed by atoms with van der Waals surface area (Å²) in [6.07, 6.45) is 3.97. The molecule has 0 aromatic heterocycles. The van der Waals surface area contributed by atoms with Crippen LogP contribution in [0.15, 0.2) is 0 Å². The third-order valence-electron chi connectivity index (χ3n) is 2.39. The highest BCUT2D eigenvalue weighted by Gasteiger charge is 2.08. The van der Waals surface area contributed by atoms with Crippen molar-refractivity contribution in [3.05, 3.63) is 0 Å². The molecule has 0 saturated heterocycles. The van der Waals surface area contributed by atoms with Gasteiger partial charge in [-0.2, -0.15) is 0 Å². The number of hydrogen-bond acceptors (Lipinski definition) is 5. The minimum atomic E-state index is -0.580. The maximum absolute atomic E-state index is 11.1. The van der Waals surface area contributed by atoms with Gasteiger partial charge in [-0.05, 0) is 25.2 Å². The van der Waals surface area contributed by atoms with E-state index in [-0.39, 0.29) is 0 Å². The zero-order valence-electron chi connectivity index (χ0n) is 10.8. The van der Waals surface area contributed by atoms with E-state index in [4.69, 9.17) is 14.7 Å². The molecule has 0 bridgehead atoms. The van der Waals surface area contributed by atoms with Crippen molar-refractivity contribution in [2.45, 2.75) is 46.0 Å². The predicted molar refractivity (Wildman–Crippen MR) is 63.8 cm³/mol. The van der Waals surface area contributed by atoms with Gasteiger partial charge in [-0.3, -0.25) is 5.26 Å². The van der Waals surface area contributed by atoms with Crippen LogP contribution in [0.3, 0.4) is 0 Å². The first-order chi connectivity index (χ1) is 8.20. The SMILES string of the molecule is CCCCOC(=O)OCC(C)CCCCOO. The van der Waals surface area contributed by atoms with Crippen LogP contribution in [0, 0.1) is 5.92 Å². The largest absolute Gasteiger partial charge is 0.508 e. The summed E-state index contributed by atoms with van der Waals surface area (Å²) in [5.41, 5.74) is 0. The molecule has 0 aromatic carbocycles. The fourth-order valence-electron chi connectivity index (χ4n) is 1.29. The first-order valence-corrected chi connectivity index (χ1v) is 6.26. The molecule has 5 nitrogen and oxygen atoms in total. The number of rotatable bonds is 10. The zero-order valence-corrected chi connectivity index (χ0v) is 10.8. The summed E-state index contributed by atoms with van der Waals surface area (Å²) in [5.74, 6) is 0.299. The molecule has 1 unspecified atom stereocenters. The molecular formula is C12H24O5. The van der Waals surface area contributed by atoms with E-state index in [1.807, 2.05) is 13.8 Å². The van der Waals surface area contributed by atoms with Gasteiger partial charge in [-0.1, -0.05) is 26.7 Å². The lowest BCUT2D eigenvalue weighted by molar-refractivity contribution is -0.242. The van der Waals surface area contributed by atoms with Crippen molar-refractivity contribution in [2.75, 3.05) is 19.8 Å². The lowest BCUT2D eigenvalue weighted by atomic mass is 10.1. The zero-order chi connectivity index (χ0) is 12.9. The summed E-state index contributed by atoms with van der Waals surface area (Å²) in [6.45, 7) is 5.21. The van der Waals surface area contributed by atoms with Gasteiger partial charge in [0, 0.05) is 0 Å². The summed E-state index contributed by atoms with van der Waals surface area (Å²) in [5, 5.41) is 8.12. The quantitative estimate of drug-likeness (QED) is 0.278. The lowest BCUT2D eigenvalue weighted by Gasteiger charge is -2.11. The van der Waals surface area contributed by atoms with Crippen LogP contribution in [0.2, 0.25) is 0 Å². The normalized spacial score (nSPS) is 12.2. The molecule has 0 amide bonds. The third-order valence-corrected chi connectivity index (χ3v) is 2.39. The van der Waals surface area contributed by atoms with Gasteiger partial charge < -0.3 is 9.47 Å². The van der Waals surface area contributed by atoms with Crippen molar-refractivity contribution in [2.24, 2.45) is 5.92 Å². The van der Waals surface area contributed by atoms with Crippen LogP contribution >= 0.6 is 0 Å². The molecule has 0 radical (unpaired) electrons. The highest BCUT2D eigenvalue weighted by molar-refractivity contribution is 5.59. The van der Waals surface area contributed by atoms with Crippen molar-refractivity contribution in [1.29, 1.82) is 0 Å². The van der Waals surface area contributed by atoms with E-state index < -0.39 is 6.16 Å². The van der Waals surface area contributed by atoms with Crippen molar-refractivity contribution in [1.82, 2.24) is 0 Å². The Balaban J connectivity index is 3.35. The van der Waals surface area contributed by atoms with E-state index in [0.29, 0.717) is 25.7 Å². The molecule has 0 saturated carbocycles. The summed E-state index contributed by atoms with van der Waals surface area (Å²) in [4.78, 5) is 15.1. The Morgan fingerprint density at radius 1 is 1.18 bits per heavy atom. The second-order valence-corrected chi connectivity index (χ2v) is 4.20. The number of ether oxygens (including phenoxy) is 2. The Hall–Kier alpha value is -0.810. The average Bonchev–Trinajstić information content (AvgIpc) is 2.32. The molecule has 17 heavy (non-hydrogen) atoms. The van der Waals surface area contributed by atoms with Gasteiger partial charge in [0.05, 0.1) is 19.8 Å². The Labute approximate surface area is 103 Å². The molecule has 0 heterocycles. The van der Waals surface area contributed by atoms with Crippen LogP contribution in [-0.2, 0) is 14.4 Å². The highest BCUT2D eigenvalue weighted by Crippen LogP contribution is 2.08. The first-order valence-electron chi connectivity index (χ1n) is 6.26. The van der Waals surface area contributed by atoms with Crippen LogP contribution in [0.4, 0.5) is 4.79 Å². The number of unbranched alkanes of at least 4 members (excludes halogenated alkanes) is 2. The molecule has 1 atom stereocenters. The lowest BCUT2D eigenvalue weighted by Crippen LogP contribution is -2.14. The Morgan fingerprint density at radius 2 is 1.94 bits per heavy atom. The minimum Gasteiger partial charge on any atom is -0.434 e. The van der Waals surface area contributed by atoms with Crippen LogP contribution < -0.4 is 0 Å². The second kappa shape index (κ2) is 11.7. The average molecular weight is 248 g/mol. The van der Waals surface area contributed by atoms with Crippen LogP contribution in [0.5, 0.6) is 0 Å². The van der Waals surface area contributed by atoms with Gasteiger partial charge in [0.1, 0.15) is 0 Å². The molecule has 102 valence electrons. The molecule has 0 aromatic rings. The third kappa shape index (κ3) is 11.5. The standard InChI is InChI=1S/C12H24O5/c1-3-4-8-15-12(13)16-10-11(2)7-5-6-9-17-14/h11,14H,3-10H2,1-2H3. The maximum Gasteiger partial charge on any atom is 0.508 e. The number of hydrogen-bond donors (Lipinski definition) is 1. The van der Waals surface area contributed by atoms with Crippen LogP contribution in [0.1, 0.15) is 46.0 Å². The smallest absolute Gasteiger partial charge is 0.434 e. The fraction of sp³-hybridized carbons (Fsp3) is 0.917. The molecule has 5 heteroatoms. The van der Waals surface area contributed by atoms with Gasteiger partial charge >= 0.3 is 6.16 Å². The highest BCUT2D eigenvalue weighted by atomic mass is 17.1. The van der Waals surface area contributed by atoms with Crippen LogP contribution in [0.25, 0.3) is 0 Å². The molecule has 0 aliphatic carbocycles. The van der Waals surface area contributed by atoms with Crippen molar-refractivity contribution in [3.63, 3.8) is 0 Å². The predicted octanol–water partition coefficient (Wildman–Crippen LogP) is 3.24. The summed E-state index contributed by atoms with van der Waals surface area (Å²) in [7, 11) is 0. The summed E-state index contributed by atoms with van der Waals surface area (Å²) >= 11 is 0.